The van der Waals surface area contributed by atoms with Gasteiger partial charge in [0, 0.05) is 11.6 Å². The van der Waals surface area contributed by atoms with Gasteiger partial charge in [-0.1, -0.05) is 43.5 Å². The molecule has 0 spiro atoms. The lowest BCUT2D eigenvalue weighted by Crippen LogP contribution is -2.33. The number of rotatable bonds is 10. The number of halogens is 1. The molecule has 22 heavy (non-hydrogen) atoms. The van der Waals surface area contributed by atoms with Gasteiger partial charge in [-0.3, -0.25) is 9.59 Å². The molecule has 0 aliphatic carbocycles. The van der Waals surface area contributed by atoms with E-state index in [4.69, 9.17) is 21.4 Å². The largest absolute Gasteiger partial charge is 0.481 e. The Morgan fingerprint density at radius 3 is 2.55 bits per heavy atom. The summed E-state index contributed by atoms with van der Waals surface area (Å²) in [6.07, 6.45) is 2.88. The summed E-state index contributed by atoms with van der Waals surface area (Å²) in [6.45, 7) is 2.56. The molecule has 1 amide bonds. The lowest BCUT2D eigenvalue weighted by molar-refractivity contribution is -0.138. The zero-order valence-electron chi connectivity index (χ0n) is 12.7. The quantitative estimate of drug-likeness (QED) is 0.647. The van der Waals surface area contributed by atoms with Gasteiger partial charge < -0.3 is 15.2 Å². The third kappa shape index (κ3) is 7.43. The number of carbonyl (C=O) groups excluding carboxylic acids is 1. The molecule has 1 aromatic carbocycles. The summed E-state index contributed by atoms with van der Waals surface area (Å²) in [4.78, 5) is 22.8. The minimum Gasteiger partial charge on any atom is -0.481 e. The second kappa shape index (κ2) is 10.2. The maximum atomic E-state index is 11.9. The lowest BCUT2D eigenvalue weighted by atomic mass is 10.0. The van der Waals surface area contributed by atoms with Crippen LogP contribution in [-0.2, 0) is 14.3 Å². The Morgan fingerprint density at radius 2 is 1.95 bits per heavy atom. The van der Waals surface area contributed by atoms with E-state index in [1.807, 2.05) is 0 Å². The lowest BCUT2D eigenvalue weighted by Gasteiger charge is -2.17. The standard InChI is InChI=1S/C16H22ClNO4/c1-2-3-4-9-22-11-15(19)18-14(10-16(20)21)12-5-7-13(17)8-6-12/h5-8,14H,2-4,9-11H2,1H3,(H,18,19)(H,20,21)/t14-/m0/s1. The number of aliphatic carboxylic acids is 1. The molecule has 1 aromatic rings. The zero-order chi connectivity index (χ0) is 16.4. The fraction of sp³-hybridized carbons (Fsp3) is 0.500. The molecule has 1 rings (SSSR count). The summed E-state index contributed by atoms with van der Waals surface area (Å²) in [5, 5.41) is 12.2. The summed E-state index contributed by atoms with van der Waals surface area (Å²) in [6, 6.07) is 6.15. The molecule has 0 saturated carbocycles. The van der Waals surface area contributed by atoms with Crippen molar-refractivity contribution in [1.29, 1.82) is 0 Å². The SMILES string of the molecule is CCCCCOCC(=O)N[C@@H](CC(=O)O)c1ccc(Cl)cc1. The Balaban J connectivity index is 2.52. The van der Waals surface area contributed by atoms with Crippen molar-refractivity contribution >= 4 is 23.5 Å². The minimum atomic E-state index is -0.982. The van der Waals surface area contributed by atoms with E-state index in [-0.39, 0.29) is 18.9 Å². The summed E-state index contributed by atoms with van der Waals surface area (Å²) >= 11 is 5.81. The van der Waals surface area contributed by atoms with Gasteiger partial charge in [0.25, 0.3) is 0 Å². The van der Waals surface area contributed by atoms with Crippen LogP contribution in [0.15, 0.2) is 24.3 Å². The van der Waals surface area contributed by atoms with Crippen molar-refractivity contribution in [3.05, 3.63) is 34.9 Å². The molecule has 0 aromatic heterocycles. The molecule has 1 atom stereocenters. The van der Waals surface area contributed by atoms with Gasteiger partial charge >= 0.3 is 5.97 Å². The predicted molar refractivity (Wildman–Crippen MR) is 84.9 cm³/mol. The van der Waals surface area contributed by atoms with Crippen LogP contribution in [0, 0.1) is 0 Å². The number of nitrogens with one attached hydrogen (secondary N) is 1. The highest BCUT2D eigenvalue weighted by atomic mass is 35.5. The summed E-state index contributed by atoms with van der Waals surface area (Å²) in [5.41, 5.74) is 0.700. The second-order valence-electron chi connectivity index (χ2n) is 5.03. The number of unbranched alkanes of at least 4 members (excludes halogenated alkanes) is 2. The van der Waals surface area contributed by atoms with Crippen molar-refractivity contribution < 1.29 is 19.4 Å². The van der Waals surface area contributed by atoms with Gasteiger partial charge in [-0.15, -0.1) is 0 Å². The summed E-state index contributed by atoms with van der Waals surface area (Å²) in [5.74, 6) is -1.30. The Kier molecular flexibility index (Phi) is 8.55. The van der Waals surface area contributed by atoms with Gasteiger partial charge in [0.2, 0.25) is 5.91 Å². The third-order valence-electron chi connectivity index (χ3n) is 3.11. The van der Waals surface area contributed by atoms with Crippen molar-refractivity contribution in [3.63, 3.8) is 0 Å². The van der Waals surface area contributed by atoms with E-state index < -0.39 is 12.0 Å². The molecule has 0 aliphatic rings. The van der Waals surface area contributed by atoms with E-state index in [2.05, 4.69) is 12.2 Å². The van der Waals surface area contributed by atoms with Crippen LogP contribution >= 0.6 is 11.6 Å². The predicted octanol–water partition coefficient (Wildman–Crippen LogP) is 3.18. The first-order chi connectivity index (χ1) is 10.5. The first-order valence-electron chi connectivity index (χ1n) is 7.37. The zero-order valence-corrected chi connectivity index (χ0v) is 13.4. The van der Waals surface area contributed by atoms with Crippen molar-refractivity contribution in [2.75, 3.05) is 13.2 Å². The van der Waals surface area contributed by atoms with Crippen LogP contribution in [0.5, 0.6) is 0 Å². The number of carbonyl (C=O) groups is 2. The molecule has 0 heterocycles. The average molecular weight is 328 g/mol. The number of hydrogen-bond donors (Lipinski definition) is 2. The molecular formula is C16H22ClNO4. The molecule has 0 saturated heterocycles. The third-order valence-corrected chi connectivity index (χ3v) is 3.36. The molecule has 0 bridgehead atoms. The molecule has 6 heteroatoms. The first kappa shape index (κ1) is 18.5. The van der Waals surface area contributed by atoms with E-state index in [0.717, 1.165) is 19.3 Å². The number of carboxylic acids is 1. The fourth-order valence-corrected chi connectivity index (χ4v) is 2.10. The van der Waals surface area contributed by atoms with Crippen LogP contribution in [-0.4, -0.2) is 30.2 Å². The van der Waals surface area contributed by atoms with Crippen LogP contribution in [0.25, 0.3) is 0 Å². The van der Waals surface area contributed by atoms with Gasteiger partial charge in [-0.25, -0.2) is 0 Å². The Bertz CT molecular complexity index is 476. The molecule has 5 nitrogen and oxygen atoms in total. The molecule has 0 radical (unpaired) electrons. The maximum Gasteiger partial charge on any atom is 0.305 e. The van der Waals surface area contributed by atoms with Gasteiger partial charge in [0.05, 0.1) is 12.5 Å². The molecular weight excluding hydrogens is 306 g/mol. The highest BCUT2D eigenvalue weighted by molar-refractivity contribution is 6.30. The monoisotopic (exact) mass is 327 g/mol. The number of hydrogen-bond acceptors (Lipinski definition) is 3. The second-order valence-corrected chi connectivity index (χ2v) is 5.47. The average Bonchev–Trinajstić information content (AvgIpc) is 2.46. The number of ether oxygens (including phenoxy) is 1. The van der Waals surface area contributed by atoms with Crippen LogP contribution in [0.3, 0.4) is 0 Å². The van der Waals surface area contributed by atoms with Crippen LogP contribution in [0.1, 0.15) is 44.2 Å². The van der Waals surface area contributed by atoms with Crippen molar-refractivity contribution in [2.45, 2.75) is 38.6 Å². The molecule has 0 aliphatic heterocycles. The fourth-order valence-electron chi connectivity index (χ4n) is 1.98. The normalized spacial score (nSPS) is 11.9. The summed E-state index contributed by atoms with van der Waals surface area (Å²) < 4.78 is 5.28. The van der Waals surface area contributed by atoms with E-state index >= 15 is 0 Å². The first-order valence-corrected chi connectivity index (χ1v) is 7.75. The molecule has 0 unspecified atom stereocenters. The van der Waals surface area contributed by atoms with Crippen molar-refractivity contribution in [3.8, 4) is 0 Å². The van der Waals surface area contributed by atoms with Crippen LogP contribution < -0.4 is 5.32 Å². The Morgan fingerprint density at radius 1 is 1.27 bits per heavy atom. The van der Waals surface area contributed by atoms with E-state index in [0.29, 0.717) is 17.2 Å². The van der Waals surface area contributed by atoms with E-state index in [9.17, 15) is 9.59 Å². The Labute approximate surface area is 135 Å². The van der Waals surface area contributed by atoms with Gasteiger partial charge in [-0.2, -0.15) is 0 Å². The maximum absolute atomic E-state index is 11.9. The van der Waals surface area contributed by atoms with Gasteiger partial charge in [0.1, 0.15) is 6.61 Å². The molecule has 0 fully saturated rings. The molecule has 122 valence electrons. The topological polar surface area (TPSA) is 75.6 Å². The van der Waals surface area contributed by atoms with Crippen molar-refractivity contribution in [2.24, 2.45) is 0 Å². The highest BCUT2D eigenvalue weighted by Crippen LogP contribution is 2.19. The Hall–Kier alpha value is -1.59. The van der Waals surface area contributed by atoms with Crippen LogP contribution in [0.2, 0.25) is 5.02 Å². The number of amides is 1. The van der Waals surface area contributed by atoms with Gasteiger partial charge in [-0.05, 0) is 24.1 Å². The van der Waals surface area contributed by atoms with Crippen LogP contribution in [0.4, 0.5) is 0 Å². The summed E-state index contributed by atoms with van der Waals surface area (Å²) in [7, 11) is 0. The molecule has 2 N–H and O–H groups in total. The smallest absolute Gasteiger partial charge is 0.305 e. The minimum absolute atomic E-state index is 0.0621. The van der Waals surface area contributed by atoms with Gasteiger partial charge in [0.15, 0.2) is 0 Å². The highest BCUT2D eigenvalue weighted by Gasteiger charge is 2.18. The van der Waals surface area contributed by atoms with Crippen molar-refractivity contribution in [1.82, 2.24) is 5.32 Å². The number of benzene rings is 1. The van der Waals surface area contributed by atoms with E-state index in [1.165, 1.54) is 0 Å². The number of carboxylic acid groups (broad SMARTS) is 1. The van der Waals surface area contributed by atoms with E-state index in [1.54, 1.807) is 24.3 Å².